The summed E-state index contributed by atoms with van der Waals surface area (Å²) in [5, 5.41) is 3.94. The molecule has 0 unspecified atom stereocenters. The maximum Gasteiger partial charge on any atom is 0.223 e. The molecule has 0 bridgehead atoms. The minimum absolute atomic E-state index is 0.0916. The SMILES string of the molecule is CC(C)(C)CNc1nccc(-c2[nH]c(-c3ccc(Cl)cc3)nc2-c2ccc(F)cc2)n1. The average Bonchev–Trinajstić information content (AvgIpc) is 3.18. The smallest absolute Gasteiger partial charge is 0.223 e. The van der Waals surface area contributed by atoms with Gasteiger partial charge in [0, 0.05) is 28.9 Å². The minimum atomic E-state index is -0.297. The molecule has 0 aliphatic carbocycles. The van der Waals surface area contributed by atoms with Crippen LogP contribution in [0.5, 0.6) is 0 Å². The number of halogens is 2. The molecule has 0 aliphatic heterocycles. The van der Waals surface area contributed by atoms with Gasteiger partial charge < -0.3 is 10.3 Å². The summed E-state index contributed by atoms with van der Waals surface area (Å²) in [6.07, 6.45) is 1.71. The van der Waals surface area contributed by atoms with Crippen LogP contribution in [0.1, 0.15) is 20.8 Å². The monoisotopic (exact) mass is 435 g/mol. The van der Waals surface area contributed by atoms with Crippen molar-refractivity contribution >= 4 is 17.5 Å². The van der Waals surface area contributed by atoms with E-state index < -0.39 is 0 Å². The number of imidazole rings is 1. The van der Waals surface area contributed by atoms with Gasteiger partial charge in [-0.3, -0.25) is 0 Å². The highest BCUT2D eigenvalue weighted by Gasteiger charge is 2.18. The number of anilines is 1. The Balaban J connectivity index is 1.78. The zero-order valence-corrected chi connectivity index (χ0v) is 18.3. The van der Waals surface area contributed by atoms with Gasteiger partial charge >= 0.3 is 0 Å². The number of H-pyrrole nitrogens is 1. The van der Waals surface area contributed by atoms with Crippen LogP contribution in [0.4, 0.5) is 10.3 Å². The van der Waals surface area contributed by atoms with Crippen molar-refractivity contribution in [3.8, 4) is 34.0 Å². The fourth-order valence-electron chi connectivity index (χ4n) is 3.05. The zero-order chi connectivity index (χ0) is 22.0. The van der Waals surface area contributed by atoms with Gasteiger partial charge in [-0.05, 0) is 60.0 Å². The number of hydrogen-bond acceptors (Lipinski definition) is 4. The molecule has 0 spiro atoms. The summed E-state index contributed by atoms with van der Waals surface area (Å²) in [6.45, 7) is 7.16. The molecule has 4 rings (SSSR count). The Morgan fingerprint density at radius 3 is 2.29 bits per heavy atom. The fraction of sp³-hybridized carbons (Fsp3) is 0.208. The predicted octanol–water partition coefficient (Wildman–Crippen LogP) is 6.45. The van der Waals surface area contributed by atoms with E-state index in [-0.39, 0.29) is 11.2 Å². The van der Waals surface area contributed by atoms with Crippen molar-refractivity contribution in [1.82, 2.24) is 19.9 Å². The number of hydrogen-bond donors (Lipinski definition) is 2. The van der Waals surface area contributed by atoms with Gasteiger partial charge in [0.25, 0.3) is 0 Å². The molecule has 0 saturated carbocycles. The number of nitrogens with one attached hydrogen (secondary N) is 2. The van der Waals surface area contributed by atoms with E-state index in [0.29, 0.717) is 28.2 Å². The molecule has 2 aromatic carbocycles. The van der Waals surface area contributed by atoms with E-state index in [1.54, 1.807) is 18.3 Å². The number of nitrogens with zero attached hydrogens (tertiary/aromatic N) is 3. The highest BCUT2D eigenvalue weighted by Crippen LogP contribution is 2.33. The molecule has 0 amide bonds. The molecule has 2 heterocycles. The van der Waals surface area contributed by atoms with E-state index in [2.05, 4.69) is 41.0 Å². The first-order valence-corrected chi connectivity index (χ1v) is 10.4. The first-order valence-electron chi connectivity index (χ1n) is 9.98. The summed E-state index contributed by atoms with van der Waals surface area (Å²) in [6, 6.07) is 15.5. The summed E-state index contributed by atoms with van der Waals surface area (Å²) in [4.78, 5) is 17.2. The van der Waals surface area contributed by atoms with Gasteiger partial charge in [-0.2, -0.15) is 0 Å². The normalized spacial score (nSPS) is 11.5. The number of aromatic nitrogens is 4. The summed E-state index contributed by atoms with van der Waals surface area (Å²) in [7, 11) is 0. The highest BCUT2D eigenvalue weighted by atomic mass is 35.5. The van der Waals surface area contributed by atoms with Crippen molar-refractivity contribution in [3.05, 3.63) is 71.6 Å². The Morgan fingerprint density at radius 2 is 1.61 bits per heavy atom. The molecule has 158 valence electrons. The summed E-state index contributed by atoms with van der Waals surface area (Å²) < 4.78 is 13.5. The number of aromatic amines is 1. The van der Waals surface area contributed by atoms with Gasteiger partial charge in [-0.25, -0.2) is 19.3 Å². The fourth-order valence-corrected chi connectivity index (χ4v) is 3.17. The Labute approximate surface area is 185 Å². The predicted molar refractivity (Wildman–Crippen MR) is 123 cm³/mol. The van der Waals surface area contributed by atoms with Gasteiger partial charge in [0.2, 0.25) is 5.95 Å². The largest absolute Gasteiger partial charge is 0.354 e. The Bertz CT molecular complexity index is 1180. The first-order chi connectivity index (χ1) is 14.8. The first kappa shape index (κ1) is 21.0. The second-order valence-corrected chi connectivity index (χ2v) is 8.94. The van der Waals surface area contributed by atoms with Crippen LogP contribution in [0.2, 0.25) is 5.02 Å². The highest BCUT2D eigenvalue weighted by molar-refractivity contribution is 6.30. The lowest BCUT2D eigenvalue weighted by molar-refractivity contribution is 0.442. The Hall–Kier alpha value is -3.25. The van der Waals surface area contributed by atoms with Crippen LogP contribution >= 0.6 is 11.6 Å². The van der Waals surface area contributed by atoms with E-state index in [1.807, 2.05) is 30.3 Å². The van der Waals surface area contributed by atoms with E-state index >= 15 is 0 Å². The van der Waals surface area contributed by atoms with Crippen LogP contribution < -0.4 is 5.32 Å². The Morgan fingerprint density at radius 1 is 0.935 bits per heavy atom. The van der Waals surface area contributed by atoms with Crippen molar-refractivity contribution in [1.29, 1.82) is 0 Å². The van der Waals surface area contributed by atoms with Gasteiger partial charge in [-0.1, -0.05) is 32.4 Å². The molecule has 7 heteroatoms. The minimum Gasteiger partial charge on any atom is -0.354 e. The van der Waals surface area contributed by atoms with Crippen LogP contribution in [-0.2, 0) is 0 Å². The lowest BCUT2D eigenvalue weighted by Crippen LogP contribution is -2.20. The third kappa shape index (κ3) is 5.09. The van der Waals surface area contributed by atoms with Crippen molar-refractivity contribution in [2.24, 2.45) is 5.41 Å². The molecule has 0 fully saturated rings. The average molecular weight is 436 g/mol. The van der Waals surface area contributed by atoms with E-state index in [1.165, 1.54) is 12.1 Å². The van der Waals surface area contributed by atoms with Crippen LogP contribution in [0.3, 0.4) is 0 Å². The van der Waals surface area contributed by atoms with E-state index in [4.69, 9.17) is 16.6 Å². The summed E-state index contributed by atoms with van der Waals surface area (Å²) in [5.41, 5.74) is 3.88. The van der Waals surface area contributed by atoms with Crippen molar-refractivity contribution in [2.75, 3.05) is 11.9 Å². The van der Waals surface area contributed by atoms with Crippen LogP contribution in [0, 0.1) is 11.2 Å². The molecular formula is C24H23ClFN5. The molecule has 2 N–H and O–H groups in total. The topological polar surface area (TPSA) is 66.5 Å². The van der Waals surface area contributed by atoms with Crippen LogP contribution in [-0.4, -0.2) is 26.5 Å². The molecule has 0 atom stereocenters. The standard InChI is InChI=1S/C24H23ClFN5/c1-24(2,3)14-28-23-27-13-12-19(29-23)21-20(15-6-10-18(26)11-7-15)30-22(31-21)16-4-8-17(25)9-5-16/h4-13H,14H2,1-3H3,(H,30,31)(H,27,28,29). The molecular weight excluding hydrogens is 413 g/mol. The third-order valence-electron chi connectivity index (χ3n) is 4.63. The van der Waals surface area contributed by atoms with Gasteiger partial charge in [0.15, 0.2) is 0 Å². The molecule has 5 nitrogen and oxygen atoms in total. The number of benzene rings is 2. The van der Waals surface area contributed by atoms with Crippen LogP contribution in [0.25, 0.3) is 34.0 Å². The maximum absolute atomic E-state index is 13.5. The zero-order valence-electron chi connectivity index (χ0n) is 17.6. The Kier molecular flexibility index (Phi) is 5.74. The quantitative estimate of drug-likeness (QED) is 0.378. The lowest BCUT2D eigenvalue weighted by Gasteiger charge is -2.18. The van der Waals surface area contributed by atoms with Gasteiger partial charge in [-0.15, -0.1) is 0 Å². The summed E-state index contributed by atoms with van der Waals surface area (Å²) >= 11 is 6.03. The molecule has 31 heavy (non-hydrogen) atoms. The van der Waals surface area contributed by atoms with Gasteiger partial charge in [0.05, 0.1) is 17.1 Å². The lowest BCUT2D eigenvalue weighted by atomic mass is 9.97. The molecule has 0 radical (unpaired) electrons. The van der Waals surface area contributed by atoms with Crippen molar-refractivity contribution in [2.45, 2.75) is 20.8 Å². The van der Waals surface area contributed by atoms with Crippen molar-refractivity contribution < 1.29 is 4.39 Å². The van der Waals surface area contributed by atoms with Crippen molar-refractivity contribution in [3.63, 3.8) is 0 Å². The van der Waals surface area contributed by atoms with Crippen LogP contribution in [0.15, 0.2) is 60.8 Å². The van der Waals surface area contributed by atoms with Gasteiger partial charge in [0.1, 0.15) is 11.6 Å². The molecule has 0 aliphatic rings. The molecule has 0 saturated heterocycles. The third-order valence-corrected chi connectivity index (χ3v) is 4.88. The van der Waals surface area contributed by atoms with E-state index in [0.717, 1.165) is 23.4 Å². The summed E-state index contributed by atoms with van der Waals surface area (Å²) in [5.74, 6) is 0.920. The van der Waals surface area contributed by atoms with E-state index in [9.17, 15) is 4.39 Å². The molecule has 2 aromatic heterocycles. The maximum atomic E-state index is 13.5. The second-order valence-electron chi connectivity index (χ2n) is 8.50. The second kappa shape index (κ2) is 8.47. The molecule has 4 aromatic rings. The number of rotatable bonds is 5.